The molecule has 0 saturated heterocycles. The molecule has 0 aliphatic rings. The molecule has 2 heterocycles. The molecule has 0 unspecified atom stereocenters. The molecular weight excluding hydrogens is 248 g/mol. The van der Waals surface area contributed by atoms with Crippen LogP contribution in [-0.2, 0) is 13.0 Å². The summed E-state index contributed by atoms with van der Waals surface area (Å²) in [5, 5.41) is 6.79. The van der Waals surface area contributed by atoms with E-state index in [-0.39, 0.29) is 0 Å². The molecule has 0 spiro atoms. The van der Waals surface area contributed by atoms with Crippen molar-refractivity contribution in [2.75, 3.05) is 20.8 Å². The quantitative estimate of drug-likeness (QED) is 0.741. The van der Waals surface area contributed by atoms with E-state index in [0.29, 0.717) is 36.9 Å². The molecule has 7 heteroatoms. The van der Waals surface area contributed by atoms with Gasteiger partial charge < -0.3 is 19.3 Å². The summed E-state index contributed by atoms with van der Waals surface area (Å²) < 4.78 is 15.4. The van der Waals surface area contributed by atoms with Crippen LogP contribution < -0.4 is 14.8 Å². The van der Waals surface area contributed by atoms with Crippen LogP contribution in [0.15, 0.2) is 23.1 Å². The van der Waals surface area contributed by atoms with E-state index < -0.39 is 0 Å². The van der Waals surface area contributed by atoms with Crippen LogP contribution in [0.5, 0.6) is 11.5 Å². The van der Waals surface area contributed by atoms with Gasteiger partial charge in [-0.3, -0.25) is 4.98 Å². The third kappa shape index (κ3) is 3.41. The molecule has 102 valence electrons. The first-order valence-corrected chi connectivity index (χ1v) is 5.87. The highest BCUT2D eigenvalue weighted by Gasteiger charge is 2.10. The van der Waals surface area contributed by atoms with E-state index in [4.69, 9.17) is 14.0 Å². The van der Waals surface area contributed by atoms with Crippen molar-refractivity contribution in [3.05, 3.63) is 30.2 Å². The van der Waals surface area contributed by atoms with E-state index in [1.165, 1.54) is 6.33 Å². The zero-order valence-electron chi connectivity index (χ0n) is 10.9. The highest BCUT2D eigenvalue weighted by atomic mass is 16.5. The Morgan fingerprint density at radius 1 is 1.26 bits per heavy atom. The molecule has 2 rings (SSSR count). The van der Waals surface area contributed by atoms with Crippen LogP contribution in [-0.4, -0.2) is 35.9 Å². The largest absolute Gasteiger partial charge is 0.493 e. The Bertz CT molecular complexity index is 502. The molecule has 19 heavy (non-hydrogen) atoms. The molecule has 0 radical (unpaired) electrons. The van der Waals surface area contributed by atoms with Crippen molar-refractivity contribution < 1.29 is 14.0 Å². The van der Waals surface area contributed by atoms with Crippen molar-refractivity contribution in [1.29, 1.82) is 0 Å². The molecule has 2 aromatic heterocycles. The van der Waals surface area contributed by atoms with Gasteiger partial charge in [-0.1, -0.05) is 5.16 Å². The molecule has 0 saturated carbocycles. The van der Waals surface area contributed by atoms with Crippen LogP contribution in [0.2, 0.25) is 0 Å². The Morgan fingerprint density at radius 3 is 2.84 bits per heavy atom. The summed E-state index contributed by atoms with van der Waals surface area (Å²) in [5.41, 5.74) is 0.798. The number of aromatic nitrogens is 3. The van der Waals surface area contributed by atoms with Gasteiger partial charge in [-0.05, 0) is 0 Å². The van der Waals surface area contributed by atoms with Crippen molar-refractivity contribution in [2.24, 2.45) is 0 Å². The van der Waals surface area contributed by atoms with E-state index in [1.54, 1.807) is 26.5 Å². The maximum atomic E-state index is 5.30. The second kappa shape index (κ2) is 6.69. The topological polar surface area (TPSA) is 82.3 Å². The van der Waals surface area contributed by atoms with E-state index in [1.807, 2.05) is 0 Å². The number of rotatable bonds is 7. The fraction of sp³-hybridized carbons (Fsp3) is 0.417. The maximum Gasteiger partial charge on any atom is 0.227 e. The third-order valence-corrected chi connectivity index (χ3v) is 2.58. The summed E-state index contributed by atoms with van der Waals surface area (Å²) >= 11 is 0. The predicted molar refractivity (Wildman–Crippen MR) is 67.0 cm³/mol. The second-order valence-electron chi connectivity index (χ2n) is 3.75. The van der Waals surface area contributed by atoms with E-state index in [0.717, 1.165) is 5.69 Å². The third-order valence-electron chi connectivity index (χ3n) is 2.58. The molecule has 1 N–H and O–H groups in total. The minimum atomic E-state index is 0.578. The fourth-order valence-electron chi connectivity index (χ4n) is 1.68. The van der Waals surface area contributed by atoms with Gasteiger partial charge >= 0.3 is 0 Å². The predicted octanol–water partition coefficient (Wildman–Crippen LogP) is 0.814. The molecule has 0 fully saturated rings. The van der Waals surface area contributed by atoms with Crippen LogP contribution in [0.25, 0.3) is 0 Å². The molecular formula is C12H16N4O3. The van der Waals surface area contributed by atoms with Gasteiger partial charge in [0, 0.05) is 31.8 Å². The van der Waals surface area contributed by atoms with Gasteiger partial charge in [0.15, 0.2) is 17.8 Å². The summed E-state index contributed by atoms with van der Waals surface area (Å²) in [6.45, 7) is 1.29. The standard InChI is InChI=1S/C12H16N4O3/c1-17-10-3-6-14-9(12(10)18-2)7-13-5-4-11-15-8-16-19-11/h3,6,8,13H,4-5,7H2,1-2H3. The van der Waals surface area contributed by atoms with Crippen LogP contribution in [0.1, 0.15) is 11.6 Å². The molecule has 2 aromatic rings. The number of nitrogens with one attached hydrogen (secondary N) is 1. The Morgan fingerprint density at radius 2 is 2.16 bits per heavy atom. The number of ether oxygens (including phenoxy) is 2. The highest BCUT2D eigenvalue weighted by molar-refractivity contribution is 5.42. The number of nitrogens with zero attached hydrogens (tertiary/aromatic N) is 3. The van der Waals surface area contributed by atoms with Gasteiger partial charge in [0.25, 0.3) is 0 Å². The van der Waals surface area contributed by atoms with Crippen molar-refractivity contribution >= 4 is 0 Å². The second-order valence-corrected chi connectivity index (χ2v) is 3.75. The Hall–Kier alpha value is -2.15. The number of hydrogen-bond acceptors (Lipinski definition) is 7. The molecule has 0 aliphatic heterocycles. The zero-order chi connectivity index (χ0) is 13.5. The van der Waals surface area contributed by atoms with Gasteiger partial charge in [0.1, 0.15) is 0 Å². The average Bonchev–Trinajstić information content (AvgIpc) is 2.96. The molecule has 0 aromatic carbocycles. The number of hydrogen-bond donors (Lipinski definition) is 1. The lowest BCUT2D eigenvalue weighted by molar-refractivity contribution is 0.347. The summed E-state index contributed by atoms with van der Waals surface area (Å²) in [5.74, 6) is 1.93. The van der Waals surface area contributed by atoms with E-state index in [2.05, 4.69) is 20.4 Å². The normalized spacial score (nSPS) is 10.4. The molecule has 7 nitrogen and oxygen atoms in total. The zero-order valence-corrected chi connectivity index (χ0v) is 10.9. The molecule has 0 bridgehead atoms. The first-order valence-electron chi connectivity index (χ1n) is 5.87. The van der Waals surface area contributed by atoms with E-state index in [9.17, 15) is 0 Å². The number of pyridine rings is 1. The summed E-state index contributed by atoms with van der Waals surface area (Å²) in [4.78, 5) is 8.22. The molecule has 0 atom stereocenters. The van der Waals surface area contributed by atoms with Crippen molar-refractivity contribution in [3.63, 3.8) is 0 Å². The summed E-state index contributed by atoms with van der Waals surface area (Å²) in [7, 11) is 3.20. The minimum absolute atomic E-state index is 0.578. The van der Waals surface area contributed by atoms with Crippen LogP contribution in [0.4, 0.5) is 0 Å². The van der Waals surface area contributed by atoms with Crippen LogP contribution in [0.3, 0.4) is 0 Å². The van der Waals surface area contributed by atoms with Crippen LogP contribution in [0, 0.1) is 0 Å². The van der Waals surface area contributed by atoms with E-state index >= 15 is 0 Å². The highest BCUT2D eigenvalue weighted by Crippen LogP contribution is 2.28. The van der Waals surface area contributed by atoms with Crippen molar-refractivity contribution in [2.45, 2.75) is 13.0 Å². The molecule has 0 amide bonds. The lowest BCUT2D eigenvalue weighted by Gasteiger charge is -2.11. The fourth-order valence-corrected chi connectivity index (χ4v) is 1.68. The summed E-state index contributed by atoms with van der Waals surface area (Å²) in [6.07, 6.45) is 3.75. The average molecular weight is 264 g/mol. The van der Waals surface area contributed by atoms with Gasteiger partial charge in [0.05, 0.1) is 19.9 Å². The van der Waals surface area contributed by atoms with Crippen molar-refractivity contribution in [3.8, 4) is 11.5 Å². The Labute approximate surface area is 110 Å². The minimum Gasteiger partial charge on any atom is -0.493 e. The summed E-state index contributed by atoms with van der Waals surface area (Å²) in [6, 6.07) is 1.76. The van der Waals surface area contributed by atoms with Gasteiger partial charge in [-0.2, -0.15) is 4.98 Å². The lowest BCUT2D eigenvalue weighted by atomic mass is 10.3. The number of methoxy groups -OCH3 is 2. The van der Waals surface area contributed by atoms with Crippen LogP contribution >= 0.6 is 0 Å². The smallest absolute Gasteiger partial charge is 0.227 e. The Balaban J connectivity index is 1.88. The monoisotopic (exact) mass is 264 g/mol. The maximum absolute atomic E-state index is 5.30. The molecule has 0 aliphatic carbocycles. The van der Waals surface area contributed by atoms with Gasteiger partial charge in [-0.25, -0.2) is 0 Å². The first-order chi connectivity index (χ1) is 9.35. The van der Waals surface area contributed by atoms with Gasteiger partial charge in [0.2, 0.25) is 5.89 Å². The lowest BCUT2D eigenvalue weighted by Crippen LogP contribution is -2.18. The SMILES string of the molecule is COc1ccnc(CNCCc2ncno2)c1OC. The van der Waals surface area contributed by atoms with Gasteiger partial charge in [-0.15, -0.1) is 0 Å². The first kappa shape index (κ1) is 13.3. The van der Waals surface area contributed by atoms with Crippen molar-refractivity contribution in [1.82, 2.24) is 20.4 Å². The Kier molecular flexibility index (Phi) is 4.68.